The molecule has 8 atom stereocenters. The van der Waals surface area contributed by atoms with Gasteiger partial charge >= 0.3 is 0 Å². The van der Waals surface area contributed by atoms with Crippen LogP contribution in [0.4, 0.5) is 0 Å². The van der Waals surface area contributed by atoms with Gasteiger partial charge in [-0.15, -0.1) is 0 Å². The van der Waals surface area contributed by atoms with Gasteiger partial charge in [0.2, 0.25) is 11.8 Å². The minimum Gasteiger partial charge on any atom is -0.394 e. The zero-order valence-electron chi connectivity index (χ0n) is 24.7. The third-order valence-electron chi connectivity index (χ3n) is 6.77. The number of nitrogens with one attached hydrogen (secondary N) is 2. The lowest BCUT2D eigenvalue weighted by atomic mass is 9.98. The lowest BCUT2D eigenvalue weighted by Crippen LogP contribution is -2.62. The second kappa shape index (κ2) is 22.0. The van der Waals surface area contributed by atoms with E-state index < -0.39 is 49.5 Å². The van der Waals surface area contributed by atoms with Crippen LogP contribution < -0.4 is 16.4 Å². The van der Waals surface area contributed by atoms with Gasteiger partial charge in [0.15, 0.2) is 6.29 Å². The van der Waals surface area contributed by atoms with Crippen LogP contribution in [0.15, 0.2) is 0 Å². The summed E-state index contributed by atoms with van der Waals surface area (Å²) in [6, 6.07) is -0.975. The van der Waals surface area contributed by atoms with Crippen LogP contribution in [0.3, 0.4) is 0 Å². The third kappa shape index (κ3) is 13.9. The molecule has 0 saturated carbocycles. The molecule has 8 N–H and O–H groups in total. The first-order chi connectivity index (χ1) is 20.8. The summed E-state index contributed by atoms with van der Waals surface area (Å²) in [5.41, 5.74) is 5.78. The second-order valence-corrected chi connectivity index (χ2v) is 9.88. The summed E-state index contributed by atoms with van der Waals surface area (Å²) in [4.78, 5) is 24.0. The molecule has 252 valence electrons. The Morgan fingerprint density at radius 3 is 2.05 bits per heavy atom. The molecule has 0 aromatic carbocycles. The summed E-state index contributed by atoms with van der Waals surface area (Å²) in [6.45, 7) is 1.74. The van der Waals surface area contributed by atoms with Crippen molar-refractivity contribution in [2.75, 3.05) is 92.9 Å². The SMILES string of the molecule is COC1CCC(C(=O)NCCOCCOCCOCC(=O)NCCOCCOC2OC(CO)C(O)C(O)C2N)OC1CO. The Kier molecular flexibility index (Phi) is 19.2. The Morgan fingerprint density at radius 2 is 1.40 bits per heavy atom. The van der Waals surface area contributed by atoms with E-state index in [0.29, 0.717) is 39.2 Å². The topological polar surface area (TPSA) is 239 Å². The van der Waals surface area contributed by atoms with E-state index in [2.05, 4.69) is 10.6 Å². The highest BCUT2D eigenvalue weighted by molar-refractivity contribution is 5.80. The van der Waals surface area contributed by atoms with Gasteiger partial charge in [-0.25, -0.2) is 0 Å². The average molecular weight is 628 g/mol. The van der Waals surface area contributed by atoms with Crippen LogP contribution in [0.5, 0.6) is 0 Å². The summed E-state index contributed by atoms with van der Waals surface area (Å²) in [7, 11) is 1.55. The Labute approximate surface area is 251 Å². The molecule has 43 heavy (non-hydrogen) atoms. The predicted octanol–water partition coefficient (Wildman–Crippen LogP) is -4.38. The Hall–Kier alpha value is -1.58. The standard InChI is InChI=1S/C26H49N3O14/c1-36-17-2-3-18(42-19(17)14-30)25(35)29-5-7-37-8-9-39-10-11-40-16-21(32)28-4-6-38-12-13-41-26-22(27)24(34)23(33)20(15-31)43-26/h17-20,22-24,26,30-31,33-34H,2-16,27H2,1H3,(H,28,32)(H,29,35). The number of hydrogen-bond donors (Lipinski definition) is 7. The molecule has 0 aliphatic carbocycles. The average Bonchev–Trinajstić information content (AvgIpc) is 3.02. The maximum atomic E-state index is 12.2. The van der Waals surface area contributed by atoms with Gasteiger partial charge in [0, 0.05) is 20.2 Å². The van der Waals surface area contributed by atoms with E-state index >= 15 is 0 Å². The van der Waals surface area contributed by atoms with Gasteiger partial charge in [0.25, 0.3) is 0 Å². The molecular weight excluding hydrogens is 578 g/mol. The first-order valence-electron chi connectivity index (χ1n) is 14.5. The van der Waals surface area contributed by atoms with Gasteiger partial charge in [-0.05, 0) is 12.8 Å². The normalized spacial score (nSPS) is 29.3. The predicted molar refractivity (Wildman–Crippen MR) is 147 cm³/mol. The summed E-state index contributed by atoms with van der Waals surface area (Å²) in [6.07, 6.45) is -4.77. The number of carbonyl (C=O) groups is 2. The number of ether oxygens (including phenoxy) is 8. The Balaban J connectivity index is 1.34. The summed E-state index contributed by atoms with van der Waals surface area (Å²) in [5.74, 6) is -0.552. The fourth-order valence-corrected chi connectivity index (χ4v) is 4.35. The van der Waals surface area contributed by atoms with Crippen LogP contribution in [-0.2, 0) is 47.5 Å². The lowest BCUT2D eigenvalue weighted by molar-refractivity contribution is -0.267. The van der Waals surface area contributed by atoms with Crippen molar-refractivity contribution in [2.45, 2.75) is 61.8 Å². The van der Waals surface area contributed by atoms with E-state index in [0.717, 1.165) is 0 Å². The molecule has 2 rings (SSSR count). The molecule has 17 nitrogen and oxygen atoms in total. The van der Waals surface area contributed by atoms with E-state index in [-0.39, 0.29) is 70.7 Å². The fourth-order valence-electron chi connectivity index (χ4n) is 4.35. The highest BCUT2D eigenvalue weighted by atomic mass is 16.7. The van der Waals surface area contributed by atoms with Crippen molar-refractivity contribution in [3.8, 4) is 0 Å². The largest absolute Gasteiger partial charge is 0.394 e. The van der Waals surface area contributed by atoms with Crippen LogP contribution in [0.25, 0.3) is 0 Å². The van der Waals surface area contributed by atoms with Crippen molar-refractivity contribution in [2.24, 2.45) is 5.73 Å². The molecule has 2 amide bonds. The number of methoxy groups -OCH3 is 1. The van der Waals surface area contributed by atoms with Gasteiger partial charge in [0.1, 0.15) is 37.1 Å². The fraction of sp³-hybridized carbons (Fsp3) is 0.923. The Bertz CT molecular complexity index is 767. The molecule has 2 heterocycles. The first kappa shape index (κ1) is 37.6. The molecule has 0 radical (unpaired) electrons. The van der Waals surface area contributed by atoms with Crippen LogP contribution in [0, 0.1) is 0 Å². The molecule has 8 unspecified atom stereocenters. The summed E-state index contributed by atoms with van der Waals surface area (Å²) >= 11 is 0. The number of rotatable bonds is 22. The lowest BCUT2D eigenvalue weighted by Gasteiger charge is -2.40. The number of amides is 2. The van der Waals surface area contributed by atoms with Crippen molar-refractivity contribution in [3.05, 3.63) is 0 Å². The maximum absolute atomic E-state index is 12.2. The van der Waals surface area contributed by atoms with E-state index in [1.54, 1.807) is 7.11 Å². The van der Waals surface area contributed by atoms with Crippen molar-refractivity contribution in [3.63, 3.8) is 0 Å². The molecule has 17 heteroatoms. The minimum atomic E-state index is -1.30. The van der Waals surface area contributed by atoms with Gasteiger partial charge in [-0.2, -0.15) is 0 Å². The molecule has 0 spiro atoms. The molecule has 2 fully saturated rings. The van der Waals surface area contributed by atoms with Crippen molar-refractivity contribution in [1.82, 2.24) is 10.6 Å². The van der Waals surface area contributed by atoms with Crippen molar-refractivity contribution in [1.29, 1.82) is 0 Å². The maximum Gasteiger partial charge on any atom is 0.249 e. The van der Waals surface area contributed by atoms with Crippen LogP contribution >= 0.6 is 0 Å². The van der Waals surface area contributed by atoms with E-state index in [1.807, 2.05) is 0 Å². The number of hydrogen-bond acceptors (Lipinski definition) is 15. The van der Waals surface area contributed by atoms with E-state index in [1.165, 1.54) is 0 Å². The number of nitrogens with two attached hydrogens (primary N) is 1. The van der Waals surface area contributed by atoms with Crippen molar-refractivity contribution >= 4 is 11.8 Å². The minimum absolute atomic E-state index is 0.0936. The number of aliphatic hydroxyl groups is 4. The molecule has 0 aromatic rings. The van der Waals surface area contributed by atoms with E-state index in [4.69, 9.17) is 43.6 Å². The van der Waals surface area contributed by atoms with Crippen LogP contribution in [0.2, 0.25) is 0 Å². The van der Waals surface area contributed by atoms with Gasteiger partial charge in [-0.1, -0.05) is 0 Å². The van der Waals surface area contributed by atoms with Crippen LogP contribution in [-0.4, -0.2) is 174 Å². The molecule has 2 saturated heterocycles. The molecule has 2 aliphatic rings. The van der Waals surface area contributed by atoms with Gasteiger partial charge in [-0.3, -0.25) is 9.59 Å². The number of carbonyl (C=O) groups excluding carboxylic acids is 2. The zero-order valence-corrected chi connectivity index (χ0v) is 24.7. The molecule has 0 aromatic heterocycles. The zero-order chi connectivity index (χ0) is 31.5. The molecular formula is C26H49N3O14. The molecule has 2 aliphatic heterocycles. The monoisotopic (exact) mass is 627 g/mol. The third-order valence-corrected chi connectivity index (χ3v) is 6.77. The quantitative estimate of drug-likeness (QED) is 0.0561. The Morgan fingerprint density at radius 1 is 0.791 bits per heavy atom. The van der Waals surface area contributed by atoms with E-state index in [9.17, 15) is 30.0 Å². The summed E-state index contributed by atoms with van der Waals surface area (Å²) < 4.78 is 43.0. The summed E-state index contributed by atoms with van der Waals surface area (Å²) in [5, 5.41) is 43.6. The van der Waals surface area contributed by atoms with Crippen molar-refractivity contribution < 1.29 is 67.9 Å². The second-order valence-electron chi connectivity index (χ2n) is 9.88. The highest BCUT2D eigenvalue weighted by Gasteiger charge is 2.43. The smallest absolute Gasteiger partial charge is 0.249 e. The van der Waals surface area contributed by atoms with Gasteiger partial charge in [0.05, 0.1) is 78.2 Å². The molecule has 0 bridgehead atoms. The number of aliphatic hydroxyl groups excluding tert-OH is 4. The van der Waals surface area contributed by atoms with Gasteiger partial charge < -0.3 is 74.7 Å². The van der Waals surface area contributed by atoms with Crippen LogP contribution in [0.1, 0.15) is 12.8 Å². The highest BCUT2D eigenvalue weighted by Crippen LogP contribution is 2.22. The first-order valence-corrected chi connectivity index (χ1v) is 14.5.